The molecule has 29 heavy (non-hydrogen) atoms. The molecule has 160 valence electrons. The molecule has 0 fully saturated rings. The lowest BCUT2D eigenvalue weighted by Gasteiger charge is -2.30. The molecule has 0 atom stereocenters. The Morgan fingerprint density at radius 3 is 2.34 bits per heavy atom. The highest BCUT2D eigenvalue weighted by Gasteiger charge is 2.61. The number of rotatable bonds is 4. The lowest BCUT2D eigenvalue weighted by atomic mass is 10.2. The van der Waals surface area contributed by atoms with Crippen LogP contribution >= 0.6 is 15.9 Å². The third-order valence-corrected chi connectivity index (χ3v) is 6.71. The predicted octanol–water partition coefficient (Wildman–Crippen LogP) is 2.86. The maximum atomic E-state index is 13.7. The SMILES string of the molecule is CCS(=O)(=O)c1c(-c2nc3c([nH]2)C=C(C(F)(F)C(F)(F)F)NN3C)nc(Br)n1C. The summed E-state index contributed by atoms with van der Waals surface area (Å²) in [5, 5.41) is 0.689. The average molecular weight is 505 g/mol. The number of imidazole rings is 2. The molecule has 8 nitrogen and oxygen atoms in total. The van der Waals surface area contributed by atoms with Crippen LogP contribution < -0.4 is 10.4 Å². The Hall–Kier alpha value is -2.16. The molecule has 1 aliphatic rings. The van der Waals surface area contributed by atoms with Crippen molar-refractivity contribution in [1.82, 2.24) is 24.9 Å². The summed E-state index contributed by atoms with van der Waals surface area (Å²) in [7, 11) is -1.12. The molecule has 2 aromatic heterocycles. The number of sulfone groups is 1. The highest BCUT2D eigenvalue weighted by molar-refractivity contribution is 9.10. The zero-order chi connectivity index (χ0) is 21.9. The molecule has 0 amide bonds. The van der Waals surface area contributed by atoms with Crippen molar-refractivity contribution in [3.63, 3.8) is 0 Å². The van der Waals surface area contributed by atoms with Crippen molar-refractivity contribution in [3.8, 4) is 11.5 Å². The minimum Gasteiger partial charge on any atom is -0.335 e. The molecule has 0 radical (unpaired) electrons. The summed E-state index contributed by atoms with van der Waals surface area (Å²) in [5.74, 6) is -5.49. The topological polar surface area (TPSA) is 95.9 Å². The van der Waals surface area contributed by atoms with E-state index in [1.165, 1.54) is 25.6 Å². The molecule has 3 heterocycles. The molecule has 15 heteroatoms. The first kappa shape index (κ1) is 21.5. The van der Waals surface area contributed by atoms with E-state index in [4.69, 9.17) is 0 Å². The number of nitrogens with zero attached hydrogens (tertiary/aromatic N) is 4. The third kappa shape index (κ3) is 3.39. The van der Waals surface area contributed by atoms with Gasteiger partial charge in [-0.25, -0.2) is 18.4 Å². The highest BCUT2D eigenvalue weighted by Crippen LogP contribution is 2.43. The first-order chi connectivity index (χ1) is 13.2. The van der Waals surface area contributed by atoms with E-state index in [1.54, 1.807) is 0 Å². The third-order valence-electron chi connectivity index (χ3n) is 4.19. The monoisotopic (exact) mass is 504 g/mol. The molecular formula is C14H14BrF5N6O2S. The van der Waals surface area contributed by atoms with Crippen LogP contribution in [0.4, 0.5) is 27.8 Å². The molecule has 3 rings (SSSR count). The number of allylic oxidation sites excluding steroid dienone is 1. The van der Waals surface area contributed by atoms with Gasteiger partial charge < -0.3 is 9.55 Å². The van der Waals surface area contributed by atoms with Crippen LogP contribution in [0.25, 0.3) is 17.6 Å². The van der Waals surface area contributed by atoms with Crippen LogP contribution in [0.1, 0.15) is 12.6 Å². The van der Waals surface area contributed by atoms with Gasteiger partial charge in [0.1, 0.15) is 11.4 Å². The van der Waals surface area contributed by atoms with Crippen LogP contribution in [0.5, 0.6) is 0 Å². The van der Waals surface area contributed by atoms with Crippen LogP contribution in [-0.4, -0.2) is 52.8 Å². The number of hydrazine groups is 1. The molecule has 0 bridgehead atoms. The Labute approximate surface area is 169 Å². The van der Waals surface area contributed by atoms with E-state index >= 15 is 0 Å². The van der Waals surface area contributed by atoms with E-state index in [0.29, 0.717) is 6.08 Å². The van der Waals surface area contributed by atoms with Gasteiger partial charge in [-0.15, -0.1) is 0 Å². The summed E-state index contributed by atoms with van der Waals surface area (Å²) in [5.41, 5.74) is 0.281. The van der Waals surface area contributed by atoms with Crippen molar-refractivity contribution < 1.29 is 30.4 Å². The maximum Gasteiger partial charge on any atom is 0.459 e. The number of hydrogen-bond acceptors (Lipinski definition) is 6. The molecule has 0 saturated heterocycles. The Balaban J connectivity index is 2.17. The number of aromatic amines is 1. The zero-order valence-electron chi connectivity index (χ0n) is 15.1. The second-order valence-corrected chi connectivity index (χ2v) is 9.02. The number of anilines is 1. The van der Waals surface area contributed by atoms with Crippen LogP contribution in [0, 0.1) is 0 Å². The summed E-state index contributed by atoms with van der Waals surface area (Å²) in [6.07, 6.45) is -5.23. The highest BCUT2D eigenvalue weighted by atomic mass is 79.9. The minimum atomic E-state index is -5.80. The number of alkyl halides is 5. The number of nitrogens with one attached hydrogen (secondary N) is 2. The standard InChI is InChI=1S/C14H14BrF5N6O2S/c1-4-29(27,28)11-8(22-12(15)25(11)2)9-21-6-5-7(13(16,17)14(18,19)20)24-26(3)10(6)23-9/h5,24H,4H2,1-3H3,(H,21,23). The van der Waals surface area contributed by atoms with Gasteiger partial charge in [-0.3, -0.25) is 10.4 Å². The van der Waals surface area contributed by atoms with E-state index in [0.717, 1.165) is 5.01 Å². The molecule has 0 spiro atoms. The largest absolute Gasteiger partial charge is 0.459 e. The molecule has 2 aromatic rings. The van der Waals surface area contributed by atoms with Gasteiger partial charge in [-0.05, 0) is 22.0 Å². The van der Waals surface area contributed by atoms with Gasteiger partial charge in [-0.1, -0.05) is 6.92 Å². The summed E-state index contributed by atoms with van der Waals surface area (Å²) in [6.45, 7) is 1.43. The van der Waals surface area contributed by atoms with Gasteiger partial charge in [0.25, 0.3) is 0 Å². The summed E-state index contributed by atoms with van der Waals surface area (Å²) in [6, 6.07) is 0. The fourth-order valence-corrected chi connectivity index (χ4v) is 4.36. The average Bonchev–Trinajstić information content (AvgIpc) is 3.16. The van der Waals surface area contributed by atoms with E-state index in [2.05, 4.69) is 30.9 Å². The van der Waals surface area contributed by atoms with Crippen molar-refractivity contribution in [2.24, 2.45) is 7.05 Å². The minimum absolute atomic E-state index is 0.0108. The van der Waals surface area contributed by atoms with E-state index in [9.17, 15) is 30.4 Å². The molecule has 0 unspecified atom stereocenters. The van der Waals surface area contributed by atoms with Crippen molar-refractivity contribution in [1.29, 1.82) is 0 Å². The summed E-state index contributed by atoms with van der Waals surface area (Å²) in [4.78, 5) is 10.8. The van der Waals surface area contributed by atoms with Gasteiger partial charge in [0.05, 0.1) is 11.4 Å². The van der Waals surface area contributed by atoms with Crippen molar-refractivity contribution >= 4 is 37.7 Å². The van der Waals surface area contributed by atoms with E-state index in [1.807, 2.05) is 5.43 Å². The van der Waals surface area contributed by atoms with Crippen LogP contribution in [0.15, 0.2) is 15.5 Å². The molecule has 2 N–H and O–H groups in total. The lowest BCUT2D eigenvalue weighted by molar-refractivity contribution is -0.265. The normalized spacial score (nSPS) is 15.2. The molecular weight excluding hydrogens is 491 g/mol. The van der Waals surface area contributed by atoms with Gasteiger partial charge in [0.15, 0.2) is 31.2 Å². The molecule has 0 aromatic carbocycles. The first-order valence-electron chi connectivity index (χ1n) is 7.93. The van der Waals surface area contributed by atoms with Gasteiger partial charge >= 0.3 is 12.1 Å². The van der Waals surface area contributed by atoms with Crippen molar-refractivity contribution in [3.05, 3.63) is 16.1 Å². The smallest absolute Gasteiger partial charge is 0.335 e. The van der Waals surface area contributed by atoms with E-state index in [-0.39, 0.29) is 38.5 Å². The first-order valence-corrected chi connectivity index (χ1v) is 10.4. The molecule has 0 aliphatic carbocycles. The predicted molar refractivity (Wildman–Crippen MR) is 96.7 cm³/mol. The zero-order valence-corrected chi connectivity index (χ0v) is 17.5. The molecule has 1 aliphatic heterocycles. The Morgan fingerprint density at radius 1 is 1.17 bits per heavy atom. The second kappa shape index (κ2) is 6.68. The number of aromatic nitrogens is 4. The lowest BCUT2D eigenvalue weighted by Crippen LogP contribution is -2.49. The quantitative estimate of drug-likeness (QED) is 0.621. The Morgan fingerprint density at radius 2 is 1.79 bits per heavy atom. The number of halogens is 6. The fourth-order valence-electron chi connectivity index (χ4n) is 2.67. The van der Waals surface area contributed by atoms with Gasteiger partial charge in [-0.2, -0.15) is 22.0 Å². The molecule has 0 saturated carbocycles. The second-order valence-electron chi connectivity index (χ2n) is 6.12. The Kier molecular flexibility index (Phi) is 4.97. The van der Waals surface area contributed by atoms with Gasteiger partial charge in [0.2, 0.25) is 0 Å². The van der Waals surface area contributed by atoms with Crippen molar-refractivity contribution in [2.45, 2.75) is 24.0 Å². The van der Waals surface area contributed by atoms with Crippen LogP contribution in [-0.2, 0) is 16.9 Å². The van der Waals surface area contributed by atoms with Crippen molar-refractivity contribution in [2.75, 3.05) is 17.8 Å². The van der Waals surface area contributed by atoms with Gasteiger partial charge in [0, 0.05) is 14.1 Å². The summed E-state index contributed by atoms with van der Waals surface area (Å²) < 4.78 is 91.9. The number of hydrogen-bond donors (Lipinski definition) is 2. The Bertz CT molecular complexity index is 1100. The fraction of sp³-hybridized carbons (Fsp3) is 0.429. The number of fused-ring (bicyclic) bond motifs is 1. The number of H-pyrrole nitrogens is 1. The van der Waals surface area contributed by atoms with E-state index < -0.39 is 27.6 Å². The summed E-state index contributed by atoms with van der Waals surface area (Å²) >= 11 is 3.11. The van der Waals surface area contributed by atoms with Crippen LogP contribution in [0.2, 0.25) is 0 Å². The van der Waals surface area contributed by atoms with Crippen LogP contribution in [0.3, 0.4) is 0 Å². The maximum absolute atomic E-state index is 13.7.